The van der Waals surface area contributed by atoms with Crippen molar-refractivity contribution >= 4 is 45.3 Å². The molecule has 4 aromatic rings. The van der Waals surface area contributed by atoms with Crippen molar-refractivity contribution in [3.8, 4) is 5.75 Å². The molecular formula is C22H23N5O2S. The standard InChI is InChI=1S/C22H23N5O2S/c1-29-15-5-6-18-16(11-15)17(12-23-18)14-7-9-27(10-8-14)13-21(28)24-19-3-2-4-20-22(19)26-30-25-20/h2-6,11-12,14,23H,7-10,13H2,1H3,(H,24,28). The quantitative estimate of drug-likeness (QED) is 0.509. The molecule has 1 fully saturated rings. The number of nitrogens with zero attached hydrogens (tertiary/aromatic N) is 3. The van der Waals surface area contributed by atoms with Crippen LogP contribution in [-0.2, 0) is 4.79 Å². The van der Waals surface area contributed by atoms with E-state index in [1.807, 2.05) is 24.3 Å². The number of likely N-dealkylation sites (tertiary alicyclic amines) is 1. The lowest BCUT2D eigenvalue weighted by Crippen LogP contribution is -2.38. The summed E-state index contributed by atoms with van der Waals surface area (Å²) in [5, 5.41) is 4.23. The zero-order valence-electron chi connectivity index (χ0n) is 16.7. The monoisotopic (exact) mass is 421 g/mol. The summed E-state index contributed by atoms with van der Waals surface area (Å²) in [4.78, 5) is 18.2. The van der Waals surface area contributed by atoms with Crippen molar-refractivity contribution in [3.05, 3.63) is 48.2 Å². The number of methoxy groups -OCH3 is 1. The van der Waals surface area contributed by atoms with Gasteiger partial charge >= 0.3 is 0 Å². The highest BCUT2D eigenvalue weighted by molar-refractivity contribution is 7.00. The van der Waals surface area contributed by atoms with Gasteiger partial charge in [0.15, 0.2) is 0 Å². The van der Waals surface area contributed by atoms with E-state index in [4.69, 9.17) is 4.74 Å². The fourth-order valence-electron chi connectivity index (χ4n) is 4.29. The van der Waals surface area contributed by atoms with Crippen molar-refractivity contribution in [2.75, 3.05) is 32.1 Å². The second-order valence-corrected chi connectivity index (χ2v) is 8.22. The predicted molar refractivity (Wildman–Crippen MR) is 119 cm³/mol. The Labute approximate surface area is 178 Å². The first-order valence-electron chi connectivity index (χ1n) is 10.1. The summed E-state index contributed by atoms with van der Waals surface area (Å²) in [6, 6.07) is 11.8. The molecule has 30 heavy (non-hydrogen) atoms. The Balaban J connectivity index is 1.21. The molecule has 2 N–H and O–H groups in total. The molecule has 1 aliphatic heterocycles. The molecule has 0 saturated carbocycles. The van der Waals surface area contributed by atoms with E-state index in [1.165, 1.54) is 10.9 Å². The minimum Gasteiger partial charge on any atom is -0.497 e. The number of aromatic nitrogens is 3. The van der Waals surface area contributed by atoms with Crippen LogP contribution in [0.5, 0.6) is 5.75 Å². The molecule has 2 aromatic heterocycles. The van der Waals surface area contributed by atoms with Crippen LogP contribution in [0, 0.1) is 0 Å². The number of H-pyrrole nitrogens is 1. The minimum absolute atomic E-state index is 0.00854. The summed E-state index contributed by atoms with van der Waals surface area (Å²) in [5.41, 5.74) is 4.78. The van der Waals surface area contributed by atoms with Crippen molar-refractivity contribution in [3.63, 3.8) is 0 Å². The summed E-state index contributed by atoms with van der Waals surface area (Å²) < 4.78 is 13.9. The Morgan fingerprint density at radius 3 is 2.97 bits per heavy atom. The number of piperidine rings is 1. The number of ether oxygens (including phenoxy) is 1. The van der Waals surface area contributed by atoms with Gasteiger partial charge in [-0.3, -0.25) is 9.69 Å². The Morgan fingerprint density at radius 2 is 2.13 bits per heavy atom. The fourth-order valence-corrected chi connectivity index (χ4v) is 4.84. The van der Waals surface area contributed by atoms with Gasteiger partial charge in [-0.15, -0.1) is 0 Å². The molecule has 5 rings (SSSR count). The SMILES string of the molecule is COc1ccc2[nH]cc(C3CCN(CC(=O)Nc4cccc5nsnc45)CC3)c2c1. The molecule has 2 aromatic carbocycles. The van der Waals surface area contributed by atoms with Crippen LogP contribution in [0.3, 0.4) is 0 Å². The van der Waals surface area contributed by atoms with Crippen LogP contribution in [0.2, 0.25) is 0 Å². The molecule has 1 saturated heterocycles. The van der Waals surface area contributed by atoms with Crippen LogP contribution in [-0.4, -0.2) is 51.3 Å². The molecule has 7 nitrogen and oxygen atoms in total. The number of amides is 1. The van der Waals surface area contributed by atoms with Crippen LogP contribution in [0.15, 0.2) is 42.6 Å². The van der Waals surface area contributed by atoms with E-state index in [0.29, 0.717) is 12.5 Å². The molecule has 0 radical (unpaired) electrons. The molecule has 0 unspecified atom stereocenters. The molecular weight excluding hydrogens is 398 g/mol. The number of rotatable bonds is 5. The van der Waals surface area contributed by atoms with E-state index < -0.39 is 0 Å². The highest BCUT2D eigenvalue weighted by Crippen LogP contribution is 2.34. The summed E-state index contributed by atoms with van der Waals surface area (Å²) >= 11 is 1.16. The lowest BCUT2D eigenvalue weighted by atomic mass is 9.89. The van der Waals surface area contributed by atoms with Crippen molar-refractivity contribution in [2.45, 2.75) is 18.8 Å². The molecule has 3 heterocycles. The van der Waals surface area contributed by atoms with E-state index in [0.717, 1.165) is 65.6 Å². The number of benzene rings is 2. The normalized spacial score (nSPS) is 15.6. The zero-order chi connectivity index (χ0) is 20.5. The number of hydrogen-bond acceptors (Lipinski definition) is 6. The summed E-state index contributed by atoms with van der Waals surface area (Å²) in [6.45, 7) is 2.19. The van der Waals surface area contributed by atoms with Gasteiger partial charge in [-0.05, 0) is 67.7 Å². The van der Waals surface area contributed by atoms with Crippen LogP contribution < -0.4 is 10.1 Å². The number of fused-ring (bicyclic) bond motifs is 2. The number of nitrogens with one attached hydrogen (secondary N) is 2. The second-order valence-electron chi connectivity index (χ2n) is 7.69. The van der Waals surface area contributed by atoms with Crippen molar-refractivity contribution in [1.82, 2.24) is 18.6 Å². The molecule has 0 aliphatic carbocycles. The van der Waals surface area contributed by atoms with Crippen molar-refractivity contribution in [2.24, 2.45) is 0 Å². The van der Waals surface area contributed by atoms with Gasteiger partial charge < -0.3 is 15.0 Å². The molecule has 1 aliphatic rings. The number of anilines is 1. The summed E-state index contributed by atoms with van der Waals surface area (Å²) in [6.07, 6.45) is 4.19. The van der Waals surface area contributed by atoms with E-state index in [9.17, 15) is 4.79 Å². The lowest BCUT2D eigenvalue weighted by Gasteiger charge is -2.31. The molecule has 0 atom stereocenters. The third kappa shape index (κ3) is 3.64. The van der Waals surface area contributed by atoms with E-state index in [-0.39, 0.29) is 5.91 Å². The largest absolute Gasteiger partial charge is 0.497 e. The average molecular weight is 422 g/mol. The molecule has 0 spiro atoms. The van der Waals surface area contributed by atoms with Crippen molar-refractivity contribution < 1.29 is 9.53 Å². The molecule has 8 heteroatoms. The maximum atomic E-state index is 12.6. The van der Waals surface area contributed by atoms with Crippen molar-refractivity contribution in [1.29, 1.82) is 0 Å². The highest BCUT2D eigenvalue weighted by Gasteiger charge is 2.24. The molecule has 1 amide bonds. The first-order valence-corrected chi connectivity index (χ1v) is 10.8. The highest BCUT2D eigenvalue weighted by atomic mass is 32.1. The smallest absolute Gasteiger partial charge is 0.238 e. The average Bonchev–Trinajstić information content (AvgIpc) is 3.41. The van der Waals surface area contributed by atoms with Crippen LogP contribution in [0.1, 0.15) is 24.3 Å². The Bertz CT molecular complexity index is 1190. The van der Waals surface area contributed by atoms with E-state index in [2.05, 4.69) is 42.3 Å². The van der Waals surface area contributed by atoms with Crippen LogP contribution >= 0.6 is 11.7 Å². The number of aromatic amines is 1. The van der Waals surface area contributed by atoms with Gasteiger partial charge in [-0.1, -0.05) is 6.07 Å². The third-order valence-corrected chi connectivity index (χ3v) is 6.42. The fraction of sp³-hybridized carbons (Fsp3) is 0.318. The summed E-state index contributed by atoms with van der Waals surface area (Å²) in [5.74, 6) is 1.36. The second kappa shape index (κ2) is 8.04. The molecule has 154 valence electrons. The van der Waals surface area contributed by atoms with Crippen LogP contribution in [0.4, 0.5) is 5.69 Å². The van der Waals surface area contributed by atoms with Gasteiger partial charge in [-0.25, -0.2) is 0 Å². The Morgan fingerprint density at radius 1 is 1.27 bits per heavy atom. The third-order valence-electron chi connectivity index (χ3n) is 5.88. The topological polar surface area (TPSA) is 83.1 Å². The van der Waals surface area contributed by atoms with Gasteiger partial charge in [0.05, 0.1) is 31.1 Å². The van der Waals surface area contributed by atoms with Gasteiger partial charge in [0.2, 0.25) is 5.91 Å². The molecule has 0 bridgehead atoms. The first kappa shape index (κ1) is 19.0. The van der Waals surface area contributed by atoms with Gasteiger partial charge in [-0.2, -0.15) is 8.75 Å². The van der Waals surface area contributed by atoms with E-state index in [1.54, 1.807) is 7.11 Å². The van der Waals surface area contributed by atoms with Gasteiger partial charge in [0.25, 0.3) is 0 Å². The number of carbonyl (C=O) groups excluding carboxylic acids is 1. The van der Waals surface area contributed by atoms with E-state index >= 15 is 0 Å². The Hall–Kier alpha value is -2.97. The number of hydrogen-bond donors (Lipinski definition) is 2. The zero-order valence-corrected chi connectivity index (χ0v) is 17.5. The Kier molecular flexibility index (Phi) is 5.10. The summed E-state index contributed by atoms with van der Waals surface area (Å²) in [7, 11) is 1.70. The maximum absolute atomic E-state index is 12.6. The van der Waals surface area contributed by atoms with Crippen LogP contribution in [0.25, 0.3) is 21.9 Å². The lowest BCUT2D eigenvalue weighted by molar-refractivity contribution is -0.117. The van der Waals surface area contributed by atoms with Gasteiger partial charge in [0.1, 0.15) is 16.8 Å². The van der Waals surface area contributed by atoms with Gasteiger partial charge in [0, 0.05) is 17.1 Å². The first-order chi connectivity index (χ1) is 14.7. The maximum Gasteiger partial charge on any atom is 0.238 e. The minimum atomic E-state index is -0.00854. The predicted octanol–water partition coefficient (Wildman–Crippen LogP) is 4.00. The number of carbonyl (C=O) groups is 1.